The third-order valence-electron chi connectivity index (χ3n) is 6.35. The Labute approximate surface area is 192 Å². The number of H-pyrrole nitrogens is 1. The molecular weight excluding hydrogens is 426 g/mol. The molecule has 2 amide bonds. The lowest BCUT2D eigenvalue weighted by Gasteiger charge is -2.26. The topological polar surface area (TPSA) is 138 Å². The molecule has 33 heavy (non-hydrogen) atoms. The number of nitrogens with zero attached hydrogens (tertiary/aromatic N) is 2. The molecule has 10 heteroatoms. The molecular formula is C23H31N5O5. The Morgan fingerprint density at radius 3 is 2.79 bits per heavy atom. The predicted octanol–water partition coefficient (Wildman–Crippen LogP) is 2.66. The summed E-state index contributed by atoms with van der Waals surface area (Å²) in [7, 11) is 1.53. The average molecular weight is 458 g/mol. The van der Waals surface area contributed by atoms with Crippen molar-refractivity contribution in [3.05, 3.63) is 35.7 Å². The molecule has 2 aliphatic carbocycles. The van der Waals surface area contributed by atoms with Gasteiger partial charge in [0.2, 0.25) is 11.8 Å². The van der Waals surface area contributed by atoms with Gasteiger partial charge in [-0.2, -0.15) is 5.10 Å². The van der Waals surface area contributed by atoms with Crippen LogP contribution in [0.3, 0.4) is 0 Å². The molecule has 0 aliphatic heterocycles. The number of hydrogen-bond acceptors (Lipinski definition) is 7. The van der Waals surface area contributed by atoms with E-state index < -0.39 is 0 Å². The summed E-state index contributed by atoms with van der Waals surface area (Å²) in [5.74, 6) is 0.945. The maximum atomic E-state index is 12.4. The number of aromatic amines is 1. The molecule has 0 aromatic carbocycles. The van der Waals surface area contributed by atoms with Gasteiger partial charge in [-0.15, -0.1) is 0 Å². The molecule has 0 saturated heterocycles. The number of hydrogen-bond donors (Lipinski definition) is 4. The Bertz CT molecular complexity index is 956. The van der Waals surface area contributed by atoms with Crippen molar-refractivity contribution in [1.82, 2.24) is 20.5 Å². The number of aromatic nitrogens is 3. The predicted molar refractivity (Wildman–Crippen MR) is 120 cm³/mol. The summed E-state index contributed by atoms with van der Waals surface area (Å²) in [6, 6.07) is 5.41. The summed E-state index contributed by atoms with van der Waals surface area (Å²) < 4.78 is 10.7. The van der Waals surface area contributed by atoms with E-state index in [2.05, 4.69) is 25.8 Å². The van der Waals surface area contributed by atoms with E-state index in [1.54, 1.807) is 18.3 Å². The zero-order valence-electron chi connectivity index (χ0n) is 18.8. The van der Waals surface area contributed by atoms with Gasteiger partial charge >= 0.3 is 6.09 Å². The van der Waals surface area contributed by atoms with Crippen molar-refractivity contribution < 1.29 is 24.2 Å². The number of anilines is 1. The number of rotatable bonds is 7. The molecule has 2 heterocycles. The van der Waals surface area contributed by atoms with Crippen LogP contribution in [0.1, 0.15) is 62.1 Å². The van der Waals surface area contributed by atoms with Crippen LogP contribution in [0.2, 0.25) is 0 Å². The number of carbonyl (C=O) groups is 2. The minimum absolute atomic E-state index is 0.0742. The van der Waals surface area contributed by atoms with Crippen molar-refractivity contribution >= 4 is 17.8 Å². The second-order valence-corrected chi connectivity index (χ2v) is 8.83. The number of alkyl carbamates (subject to hydrolysis) is 1. The van der Waals surface area contributed by atoms with Crippen LogP contribution < -0.4 is 15.4 Å². The van der Waals surface area contributed by atoms with Gasteiger partial charge in [0.05, 0.1) is 19.6 Å². The molecule has 0 spiro atoms. The van der Waals surface area contributed by atoms with Gasteiger partial charge in [-0.1, -0.05) is 0 Å². The normalized spacial score (nSPS) is 24.8. The number of carbonyl (C=O) groups excluding carboxylic acids is 2. The number of ether oxygens (including phenoxy) is 2. The summed E-state index contributed by atoms with van der Waals surface area (Å²) in [6.07, 6.45) is 6.37. The van der Waals surface area contributed by atoms with E-state index >= 15 is 0 Å². The highest BCUT2D eigenvalue weighted by Crippen LogP contribution is 2.36. The van der Waals surface area contributed by atoms with Crippen LogP contribution in [-0.4, -0.2) is 57.6 Å². The first-order chi connectivity index (χ1) is 16.0. The van der Waals surface area contributed by atoms with E-state index in [-0.39, 0.29) is 42.6 Å². The lowest BCUT2D eigenvalue weighted by molar-refractivity contribution is -0.115. The largest absolute Gasteiger partial charge is 0.481 e. The van der Waals surface area contributed by atoms with Gasteiger partial charge in [-0.25, -0.2) is 9.78 Å². The Balaban J connectivity index is 1.22. The van der Waals surface area contributed by atoms with Gasteiger partial charge in [0.1, 0.15) is 6.10 Å². The number of pyridine rings is 1. The fraction of sp³-hybridized carbons (Fsp3) is 0.565. The smallest absolute Gasteiger partial charge is 0.407 e. The van der Waals surface area contributed by atoms with Crippen molar-refractivity contribution in [3.63, 3.8) is 0 Å². The van der Waals surface area contributed by atoms with Crippen LogP contribution in [0.15, 0.2) is 24.4 Å². The Hall–Kier alpha value is -3.14. The fourth-order valence-corrected chi connectivity index (χ4v) is 4.56. The van der Waals surface area contributed by atoms with E-state index in [0.29, 0.717) is 31.0 Å². The first-order valence-electron chi connectivity index (χ1n) is 11.5. The van der Waals surface area contributed by atoms with Gasteiger partial charge in [-0.3, -0.25) is 9.89 Å². The van der Waals surface area contributed by atoms with Crippen molar-refractivity contribution in [2.45, 2.75) is 75.5 Å². The summed E-state index contributed by atoms with van der Waals surface area (Å²) in [6.45, 7) is 0. The van der Waals surface area contributed by atoms with Crippen molar-refractivity contribution in [2.75, 3.05) is 12.4 Å². The number of aliphatic hydroxyl groups is 1. The number of methoxy groups -OCH3 is 1. The third-order valence-corrected chi connectivity index (χ3v) is 6.35. The SMILES string of the molecule is COc1cc(CC(=O)Nc2cc([C@@H]3CCC(OC(=O)N[C@H]4CC[C@H](O)CC4)C3)[nH]n2)ccn1. The molecule has 1 unspecified atom stereocenters. The zero-order valence-corrected chi connectivity index (χ0v) is 18.8. The van der Waals surface area contributed by atoms with Crippen LogP contribution >= 0.6 is 0 Å². The second kappa shape index (κ2) is 10.7. The summed E-state index contributed by atoms with van der Waals surface area (Å²) >= 11 is 0. The third kappa shape index (κ3) is 6.44. The van der Waals surface area contributed by atoms with E-state index in [0.717, 1.165) is 36.9 Å². The van der Waals surface area contributed by atoms with E-state index in [1.165, 1.54) is 7.11 Å². The maximum Gasteiger partial charge on any atom is 0.407 e. The quantitative estimate of drug-likeness (QED) is 0.501. The van der Waals surface area contributed by atoms with Gasteiger partial charge in [0.15, 0.2) is 5.82 Å². The highest BCUT2D eigenvalue weighted by atomic mass is 16.6. The first kappa shape index (κ1) is 23.0. The number of amides is 2. The monoisotopic (exact) mass is 457 g/mol. The molecule has 2 atom stereocenters. The minimum atomic E-state index is -0.382. The average Bonchev–Trinajstić information content (AvgIpc) is 3.45. The summed E-state index contributed by atoms with van der Waals surface area (Å²) in [4.78, 5) is 28.6. The van der Waals surface area contributed by atoms with Crippen molar-refractivity contribution in [1.29, 1.82) is 0 Å². The lowest BCUT2D eigenvalue weighted by Crippen LogP contribution is -2.40. The first-order valence-corrected chi connectivity index (χ1v) is 11.5. The van der Waals surface area contributed by atoms with Crippen LogP contribution in [-0.2, 0) is 16.0 Å². The van der Waals surface area contributed by atoms with Crippen LogP contribution in [0.5, 0.6) is 5.88 Å². The molecule has 2 saturated carbocycles. The Kier molecular flexibility index (Phi) is 7.43. The van der Waals surface area contributed by atoms with E-state index in [9.17, 15) is 14.7 Å². The Morgan fingerprint density at radius 1 is 1.18 bits per heavy atom. The van der Waals surface area contributed by atoms with Crippen LogP contribution in [0, 0.1) is 0 Å². The Morgan fingerprint density at radius 2 is 2.00 bits per heavy atom. The molecule has 2 aromatic heterocycles. The molecule has 2 aliphatic rings. The summed E-state index contributed by atoms with van der Waals surface area (Å²) in [5.41, 5.74) is 1.72. The molecule has 4 rings (SSSR count). The molecule has 178 valence electrons. The molecule has 0 bridgehead atoms. The standard InChI is InChI=1S/C23H31N5O5/c1-32-22-11-14(8-9-24-22)10-21(30)26-20-13-19(27-28-20)15-2-7-18(12-15)33-23(31)25-16-3-5-17(29)6-4-16/h8-9,11,13,15-18,29H,2-7,10,12H2,1H3,(H,25,31)(H2,26,27,28,30)/t15-,16-,17-,18?/m1/s1. The van der Waals surface area contributed by atoms with Crippen molar-refractivity contribution in [3.8, 4) is 5.88 Å². The fourth-order valence-electron chi connectivity index (χ4n) is 4.56. The number of aliphatic hydroxyl groups excluding tert-OH is 1. The van der Waals surface area contributed by atoms with E-state index in [1.807, 2.05) is 6.07 Å². The highest BCUT2D eigenvalue weighted by Gasteiger charge is 2.31. The van der Waals surface area contributed by atoms with Gasteiger partial charge in [0, 0.05) is 36.0 Å². The molecule has 2 aromatic rings. The molecule has 2 fully saturated rings. The number of nitrogens with one attached hydrogen (secondary N) is 3. The van der Waals surface area contributed by atoms with Gasteiger partial charge in [0.25, 0.3) is 0 Å². The maximum absolute atomic E-state index is 12.4. The zero-order chi connectivity index (χ0) is 23.2. The molecule has 10 nitrogen and oxygen atoms in total. The van der Waals surface area contributed by atoms with Gasteiger partial charge < -0.3 is 25.2 Å². The highest BCUT2D eigenvalue weighted by molar-refractivity contribution is 5.91. The van der Waals surface area contributed by atoms with E-state index in [4.69, 9.17) is 9.47 Å². The molecule has 4 N–H and O–H groups in total. The second-order valence-electron chi connectivity index (χ2n) is 8.83. The van der Waals surface area contributed by atoms with Gasteiger partial charge in [-0.05, 0) is 56.6 Å². The lowest BCUT2D eigenvalue weighted by atomic mass is 9.93. The molecule has 0 radical (unpaired) electrons. The summed E-state index contributed by atoms with van der Waals surface area (Å²) in [5, 5.41) is 22.5. The van der Waals surface area contributed by atoms with Crippen molar-refractivity contribution in [2.24, 2.45) is 0 Å². The van der Waals surface area contributed by atoms with Crippen LogP contribution in [0.4, 0.5) is 10.6 Å². The van der Waals surface area contributed by atoms with Crippen LogP contribution in [0.25, 0.3) is 0 Å². The minimum Gasteiger partial charge on any atom is -0.481 e.